The second-order valence-corrected chi connectivity index (χ2v) is 6.97. The Bertz CT molecular complexity index is 1280. The Hall–Kier alpha value is -3.71. The van der Waals surface area contributed by atoms with E-state index in [1.807, 2.05) is 36.4 Å². The molecular formula is C23H19FN4O2. The van der Waals surface area contributed by atoms with Gasteiger partial charge in [-0.25, -0.2) is 13.9 Å². The molecule has 1 atom stereocenters. The molecule has 3 heterocycles. The van der Waals surface area contributed by atoms with Crippen molar-refractivity contribution >= 4 is 16.6 Å². The van der Waals surface area contributed by atoms with Crippen LogP contribution in [-0.4, -0.2) is 21.1 Å². The molecule has 0 aliphatic heterocycles. The van der Waals surface area contributed by atoms with Crippen molar-refractivity contribution in [3.8, 4) is 17.3 Å². The molecule has 0 saturated carbocycles. The van der Waals surface area contributed by atoms with Crippen LogP contribution in [0.5, 0.6) is 5.88 Å². The number of rotatable bonds is 6. The molecule has 2 N–H and O–H groups in total. The Morgan fingerprint density at radius 1 is 1.07 bits per heavy atom. The van der Waals surface area contributed by atoms with Gasteiger partial charge in [0.15, 0.2) is 11.4 Å². The maximum Gasteiger partial charge on any atom is 0.232 e. The zero-order valence-corrected chi connectivity index (χ0v) is 16.0. The maximum absolute atomic E-state index is 13.3. The predicted molar refractivity (Wildman–Crippen MR) is 112 cm³/mol. The van der Waals surface area contributed by atoms with Crippen molar-refractivity contribution in [2.24, 2.45) is 5.73 Å². The Morgan fingerprint density at radius 3 is 2.70 bits per heavy atom. The first-order chi connectivity index (χ1) is 14.7. The number of hydrogen-bond acceptors (Lipinski definition) is 5. The van der Waals surface area contributed by atoms with Crippen LogP contribution in [0.3, 0.4) is 0 Å². The lowest BCUT2D eigenvalue weighted by Crippen LogP contribution is -2.14. The van der Waals surface area contributed by atoms with E-state index in [0.29, 0.717) is 30.3 Å². The molecule has 0 spiro atoms. The molecule has 0 amide bonds. The second-order valence-electron chi connectivity index (χ2n) is 6.97. The van der Waals surface area contributed by atoms with Gasteiger partial charge in [0.05, 0.1) is 6.20 Å². The Labute approximate surface area is 171 Å². The standard InChI is InChI=1S/C23H19FN4O2/c24-17-7-5-15(6-8-17)20(11-12-25)30-23-10-9-22-26-14-18(28(22)27-23)21-13-16-3-1-2-4-19(16)29-21/h1-10,13-14,20H,11-12,25H2. The third-order valence-corrected chi connectivity index (χ3v) is 4.95. The van der Waals surface area contributed by atoms with Crippen LogP contribution in [0.4, 0.5) is 4.39 Å². The number of fused-ring (bicyclic) bond motifs is 2. The average Bonchev–Trinajstić information content (AvgIpc) is 3.37. The minimum Gasteiger partial charge on any atom is -0.468 e. The number of imidazole rings is 1. The zero-order valence-electron chi connectivity index (χ0n) is 16.0. The van der Waals surface area contributed by atoms with Crippen LogP contribution >= 0.6 is 0 Å². The highest BCUT2D eigenvalue weighted by molar-refractivity contribution is 5.82. The van der Waals surface area contributed by atoms with Crippen molar-refractivity contribution < 1.29 is 13.5 Å². The molecule has 2 aromatic carbocycles. The van der Waals surface area contributed by atoms with Crippen molar-refractivity contribution in [2.45, 2.75) is 12.5 Å². The molecule has 5 rings (SSSR count). The first-order valence-electron chi connectivity index (χ1n) is 9.67. The van der Waals surface area contributed by atoms with Crippen LogP contribution in [0.25, 0.3) is 28.1 Å². The monoisotopic (exact) mass is 402 g/mol. The number of para-hydroxylation sites is 1. The van der Waals surface area contributed by atoms with Crippen LogP contribution in [0.15, 0.2) is 77.3 Å². The third-order valence-electron chi connectivity index (χ3n) is 4.95. The summed E-state index contributed by atoms with van der Waals surface area (Å²) in [5, 5.41) is 5.61. The van der Waals surface area contributed by atoms with Crippen molar-refractivity contribution in [1.82, 2.24) is 14.6 Å². The summed E-state index contributed by atoms with van der Waals surface area (Å²) in [6.45, 7) is 0.430. The van der Waals surface area contributed by atoms with E-state index >= 15 is 0 Å². The average molecular weight is 402 g/mol. The van der Waals surface area contributed by atoms with E-state index in [2.05, 4.69) is 10.1 Å². The van der Waals surface area contributed by atoms with Crippen molar-refractivity contribution in [3.05, 3.63) is 84.3 Å². The van der Waals surface area contributed by atoms with Gasteiger partial charge in [-0.05, 0) is 42.4 Å². The van der Waals surface area contributed by atoms with Crippen LogP contribution in [0, 0.1) is 5.82 Å². The third kappa shape index (κ3) is 3.40. The van der Waals surface area contributed by atoms with Crippen LogP contribution in [-0.2, 0) is 0 Å². The van der Waals surface area contributed by atoms with E-state index in [1.54, 1.807) is 28.9 Å². The number of nitrogens with two attached hydrogens (primary N) is 1. The number of furan rings is 1. The van der Waals surface area contributed by atoms with E-state index in [0.717, 1.165) is 22.2 Å². The highest BCUT2D eigenvalue weighted by Gasteiger charge is 2.16. The van der Waals surface area contributed by atoms with Gasteiger partial charge < -0.3 is 14.9 Å². The normalized spacial score (nSPS) is 12.5. The van der Waals surface area contributed by atoms with E-state index in [9.17, 15) is 4.39 Å². The van der Waals surface area contributed by atoms with Gasteiger partial charge in [0.1, 0.15) is 23.2 Å². The summed E-state index contributed by atoms with van der Waals surface area (Å²) in [5.74, 6) is 0.796. The lowest BCUT2D eigenvalue weighted by atomic mass is 10.1. The summed E-state index contributed by atoms with van der Waals surface area (Å²) in [5.41, 5.74) is 8.80. The van der Waals surface area contributed by atoms with Crippen molar-refractivity contribution in [2.75, 3.05) is 6.54 Å². The van der Waals surface area contributed by atoms with Gasteiger partial charge in [-0.2, -0.15) is 0 Å². The van der Waals surface area contributed by atoms with Gasteiger partial charge in [0.2, 0.25) is 5.88 Å². The lowest BCUT2D eigenvalue weighted by Gasteiger charge is -2.18. The molecule has 0 saturated heterocycles. The van der Waals surface area contributed by atoms with Crippen molar-refractivity contribution in [3.63, 3.8) is 0 Å². The summed E-state index contributed by atoms with van der Waals surface area (Å²) < 4.78 is 27.1. The number of aromatic nitrogens is 3. The van der Waals surface area contributed by atoms with Gasteiger partial charge in [0.25, 0.3) is 0 Å². The lowest BCUT2D eigenvalue weighted by molar-refractivity contribution is 0.186. The summed E-state index contributed by atoms with van der Waals surface area (Å²) in [6.07, 6.45) is 1.96. The zero-order chi connectivity index (χ0) is 20.5. The quantitative estimate of drug-likeness (QED) is 0.443. The fraction of sp³-hybridized carbons (Fsp3) is 0.130. The minimum absolute atomic E-state index is 0.293. The first kappa shape index (κ1) is 18.3. The van der Waals surface area contributed by atoms with Crippen molar-refractivity contribution in [1.29, 1.82) is 0 Å². The predicted octanol–water partition coefficient (Wildman–Crippen LogP) is 4.75. The molecule has 0 aliphatic carbocycles. The molecule has 0 bridgehead atoms. The van der Waals surface area contributed by atoms with Gasteiger partial charge in [-0.3, -0.25) is 0 Å². The molecule has 7 heteroatoms. The molecule has 30 heavy (non-hydrogen) atoms. The molecule has 0 aliphatic rings. The molecule has 0 radical (unpaired) electrons. The van der Waals surface area contributed by atoms with E-state index in [1.165, 1.54) is 12.1 Å². The fourth-order valence-electron chi connectivity index (χ4n) is 3.46. The largest absolute Gasteiger partial charge is 0.468 e. The highest BCUT2D eigenvalue weighted by atomic mass is 19.1. The highest BCUT2D eigenvalue weighted by Crippen LogP contribution is 2.29. The summed E-state index contributed by atoms with van der Waals surface area (Å²) in [4.78, 5) is 4.41. The molecule has 5 aromatic rings. The summed E-state index contributed by atoms with van der Waals surface area (Å²) in [6, 6.07) is 19.6. The van der Waals surface area contributed by atoms with Crippen LogP contribution < -0.4 is 10.5 Å². The molecule has 1 unspecified atom stereocenters. The molecule has 0 fully saturated rings. The molecule has 150 valence electrons. The van der Waals surface area contributed by atoms with Gasteiger partial charge >= 0.3 is 0 Å². The molecular weight excluding hydrogens is 383 g/mol. The van der Waals surface area contributed by atoms with Crippen LogP contribution in [0.1, 0.15) is 18.1 Å². The number of halogens is 1. The van der Waals surface area contributed by atoms with Gasteiger partial charge in [-0.15, -0.1) is 5.10 Å². The van der Waals surface area contributed by atoms with Crippen LogP contribution in [0.2, 0.25) is 0 Å². The molecule has 3 aromatic heterocycles. The number of ether oxygens (including phenoxy) is 1. The van der Waals surface area contributed by atoms with Gasteiger partial charge in [-0.1, -0.05) is 30.3 Å². The fourth-order valence-corrected chi connectivity index (χ4v) is 3.46. The SMILES string of the molecule is NCCC(Oc1ccc2ncc(-c3cc4ccccc4o3)n2n1)c1ccc(F)cc1. The first-order valence-corrected chi connectivity index (χ1v) is 9.67. The number of benzene rings is 2. The van der Waals surface area contributed by atoms with E-state index in [4.69, 9.17) is 14.9 Å². The second kappa shape index (κ2) is 7.61. The topological polar surface area (TPSA) is 78.6 Å². The van der Waals surface area contributed by atoms with E-state index in [-0.39, 0.29) is 11.9 Å². The summed E-state index contributed by atoms with van der Waals surface area (Å²) in [7, 11) is 0. The minimum atomic E-state index is -0.335. The molecule has 6 nitrogen and oxygen atoms in total. The smallest absolute Gasteiger partial charge is 0.232 e. The van der Waals surface area contributed by atoms with Gasteiger partial charge in [0, 0.05) is 17.9 Å². The Morgan fingerprint density at radius 2 is 1.90 bits per heavy atom. The van der Waals surface area contributed by atoms with E-state index < -0.39 is 0 Å². The Kier molecular flexibility index (Phi) is 4.65. The number of nitrogens with zero attached hydrogens (tertiary/aromatic N) is 3. The Balaban J connectivity index is 1.50. The maximum atomic E-state index is 13.3. The summed E-state index contributed by atoms with van der Waals surface area (Å²) >= 11 is 0. The number of hydrogen-bond donors (Lipinski definition) is 1.